The monoisotopic (exact) mass is 434 g/mol. The number of carbonyl (C=O) groups is 1. The number of hydrogen-bond donors (Lipinski definition) is 1. The zero-order valence-electron chi connectivity index (χ0n) is 13.4. The number of aromatic nitrogens is 3. The molecule has 0 fully saturated rings. The lowest BCUT2D eigenvalue weighted by molar-refractivity contribution is -0.137. The number of alkyl halides is 3. The SMILES string of the molecule is O=C(CSc1nnc2c(Cl)cc(C(F)(F)F)cn12)NCc1ccccc1Cl. The third-order valence-corrected chi connectivity index (χ3v) is 5.11. The van der Waals surface area contributed by atoms with Gasteiger partial charge in [0.2, 0.25) is 5.91 Å². The van der Waals surface area contributed by atoms with Gasteiger partial charge in [0.1, 0.15) is 0 Å². The highest BCUT2D eigenvalue weighted by atomic mass is 35.5. The minimum absolute atomic E-state index is 0.0564. The normalized spacial score (nSPS) is 11.7. The van der Waals surface area contributed by atoms with Crippen molar-refractivity contribution in [1.82, 2.24) is 19.9 Å². The first-order chi connectivity index (χ1) is 12.8. The van der Waals surface area contributed by atoms with E-state index in [1.807, 2.05) is 0 Å². The first-order valence-electron chi connectivity index (χ1n) is 7.50. The van der Waals surface area contributed by atoms with E-state index in [-0.39, 0.29) is 34.0 Å². The lowest BCUT2D eigenvalue weighted by Crippen LogP contribution is -2.24. The van der Waals surface area contributed by atoms with Crippen molar-refractivity contribution in [3.05, 3.63) is 57.7 Å². The van der Waals surface area contributed by atoms with Crippen molar-refractivity contribution in [2.24, 2.45) is 0 Å². The fraction of sp³-hybridized carbons (Fsp3) is 0.188. The predicted octanol–water partition coefficient (Wildman–Crippen LogP) is 4.46. The predicted molar refractivity (Wildman–Crippen MR) is 97.0 cm³/mol. The molecule has 0 aliphatic rings. The summed E-state index contributed by atoms with van der Waals surface area (Å²) >= 11 is 12.8. The molecule has 0 saturated heterocycles. The Bertz CT molecular complexity index is 993. The summed E-state index contributed by atoms with van der Waals surface area (Å²) in [6.07, 6.45) is -3.71. The number of nitrogens with one attached hydrogen (secondary N) is 1. The summed E-state index contributed by atoms with van der Waals surface area (Å²) in [5.41, 5.74) is -0.0829. The van der Waals surface area contributed by atoms with Gasteiger partial charge in [-0.2, -0.15) is 13.2 Å². The fourth-order valence-electron chi connectivity index (χ4n) is 2.20. The Morgan fingerprint density at radius 2 is 1.93 bits per heavy atom. The molecule has 2 aromatic heterocycles. The van der Waals surface area contributed by atoms with E-state index < -0.39 is 11.7 Å². The van der Waals surface area contributed by atoms with Gasteiger partial charge >= 0.3 is 6.18 Å². The maximum atomic E-state index is 12.9. The summed E-state index contributed by atoms with van der Waals surface area (Å²) < 4.78 is 40.0. The van der Waals surface area contributed by atoms with E-state index in [1.54, 1.807) is 24.3 Å². The van der Waals surface area contributed by atoms with Crippen molar-refractivity contribution in [2.45, 2.75) is 17.9 Å². The number of rotatable bonds is 5. The van der Waals surface area contributed by atoms with Crippen LogP contribution in [-0.4, -0.2) is 26.3 Å². The molecule has 0 saturated carbocycles. The molecule has 1 amide bonds. The molecule has 0 atom stereocenters. The van der Waals surface area contributed by atoms with E-state index in [0.717, 1.165) is 34.0 Å². The Hall–Kier alpha value is -1.97. The third-order valence-electron chi connectivity index (χ3n) is 3.52. The molecule has 0 unspecified atom stereocenters. The number of carbonyl (C=O) groups excluding carboxylic acids is 1. The van der Waals surface area contributed by atoms with Gasteiger partial charge in [-0.25, -0.2) is 0 Å². The van der Waals surface area contributed by atoms with Crippen LogP contribution in [0, 0.1) is 0 Å². The van der Waals surface area contributed by atoms with Crippen LogP contribution in [0.3, 0.4) is 0 Å². The van der Waals surface area contributed by atoms with Crippen LogP contribution in [0.1, 0.15) is 11.1 Å². The van der Waals surface area contributed by atoms with Crippen molar-refractivity contribution in [2.75, 3.05) is 5.75 Å². The molecule has 142 valence electrons. The number of fused-ring (bicyclic) bond motifs is 1. The molecule has 0 spiro atoms. The van der Waals surface area contributed by atoms with E-state index in [0.29, 0.717) is 5.02 Å². The molecule has 0 radical (unpaired) electrons. The zero-order chi connectivity index (χ0) is 19.6. The molecule has 0 bridgehead atoms. The van der Waals surface area contributed by atoms with E-state index in [9.17, 15) is 18.0 Å². The molecule has 1 N–H and O–H groups in total. The number of amides is 1. The average Bonchev–Trinajstić information content (AvgIpc) is 3.02. The Labute approximate surface area is 165 Å². The third kappa shape index (κ3) is 4.66. The summed E-state index contributed by atoms with van der Waals surface area (Å²) in [5, 5.41) is 10.8. The van der Waals surface area contributed by atoms with Crippen molar-refractivity contribution in [3.8, 4) is 0 Å². The molecule has 2 heterocycles. The Balaban J connectivity index is 1.69. The first kappa shape index (κ1) is 19.8. The molecule has 27 heavy (non-hydrogen) atoms. The average molecular weight is 435 g/mol. The summed E-state index contributed by atoms with van der Waals surface area (Å²) in [5.74, 6) is -0.381. The number of thioether (sulfide) groups is 1. The van der Waals surface area contributed by atoms with E-state index >= 15 is 0 Å². The van der Waals surface area contributed by atoms with Crippen LogP contribution in [-0.2, 0) is 17.5 Å². The van der Waals surface area contributed by atoms with Crippen molar-refractivity contribution in [1.29, 1.82) is 0 Å². The minimum atomic E-state index is -4.56. The van der Waals surface area contributed by atoms with E-state index in [1.165, 1.54) is 0 Å². The van der Waals surface area contributed by atoms with Crippen LogP contribution in [0.15, 0.2) is 41.7 Å². The van der Waals surface area contributed by atoms with Gasteiger partial charge in [0.05, 0.1) is 16.3 Å². The number of nitrogens with zero attached hydrogens (tertiary/aromatic N) is 3. The molecule has 11 heteroatoms. The standard InChI is InChI=1S/C16H11Cl2F3N4OS/c17-11-4-2-1-3-9(11)6-22-13(26)8-27-15-24-23-14-12(18)5-10(7-25(14)15)16(19,20)21/h1-5,7H,6,8H2,(H,22,26). The number of halogens is 5. The Kier molecular flexibility index (Phi) is 5.83. The number of benzene rings is 1. The van der Waals surface area contributed by atoms with Gasteiger partial charge in [-0.3, -0.25) is 9.20 Å². The van der Waals surface area contributed by atoms with Crippen LogP contribution in [0.25, 0.3) is 5.65 Å². The first-order valence-corrected chi connectivity index (χ1v) is 9.24. The lowest BCUT2D eigenvalue weighted by atomic mass is 10.2. The summed E-state index contributed by atoms with van der Waals surface area (Å²) in [6.45, 7) is 0.240. The van der Waals surface area contributed by atoms with Crippen molar-refractivity contribution >= 4 is 46.5 Å². The van der Waals surface area contributed by atoms with Crippen LogP contribution in [0.4, 0.5) is 13.2 Å². The number of pyridine rings is 1. The molecular weight excluding hydrogens is 424 g/mol. The maximum absolute atomic E-state index is 12.9. The fourth-order valence-corrected chi connectivity index (χ4v) is 3.39. The minimum Gasteiger partial charge on any atom is -0.351 e. The maximum Gasteiger partial charge on any atom is 0.417 e. The molecule has 0 aliphatic heterocycles. The van der Waals surface area contributed by atoms with E-state index in [4.69, 9.17) is 23.2 Å². The van der Waals surface area contributed by atoms with Crippen molar-refractivity contribution in [3.63, 3.8) is 0 Å². The van der Waals surface area contributed by atoms with Gasteiger partial charge in [-0.1, -0.05) is 53.2 Å². The van der Waals surface area contributed by atoms with Crippen LogP contribution >= 0.6 is 35.0 Å². The number of hydrogen-bond acceptors (Lipinski definition) is 4. The molecule has 3 aromatic rings. The lowest BCUT2D eigenvalue weighted by Gasteiger charge is -2.09. The van der Waals surface area contributed by atoms with Gasteiger partial charge in [-0.05, 0) is 17.7 Å². The van der Waals surface area contributed by atoms with Gasteiger partial charge in [0.25, 0.3) is 0 Å². The van der Waals surface area contributed by atoms with Gasteiger partial charge in [0.15, 0.2) is 10.8 Å². The summed E-state index contributed by atoms with van der Waals surface area (Å²) in [4.78, 5) is 12.0. The summed E-state index contributed by atoms with van der Waals surface area (Å²) in [6, 6.07) is 7.85. The Morgan fingerprint density at radius 3 is 2.63 bits per heavy atom. The Morgan fingerprint density at radius 1 is 1.19 bits per heavy atom. The van der Waals surface area contributed by atoms with Crippen LogP contribution in [0.2, 0.25) is 10.0 Å². The van der Waals surface area contributed by atoms with Gasteiger partial charge in [0, 0.05) is 17.8 Å². The quantitative estimate of drug-likeness (QED) is 0.602. The summed E-state index contributed by atoms with van der Waals surface area (Å²) in [7, 11) is 0. The molecular formula is C16H11Cl2F3N4OS. The zero-order valence-corrected chi connectivity index (χ0v) is 15.8. The largest absolute Gasteiger partial charge is 0.417 e. The highest BCUT2D eigenvalue weighted by Crippen LogP contribution is 2.33. The highest BCUT2D eigenvalue weighted by Gasteiger charge is 2.32. The second kappa shape index (κ2) is 7.95. The highest BCUT2D eigenvalue weighted by molar-refractivity contribution is 7.99. The molecule has 1 aromatic carbocycles. The smallest absolute Gasteiger partial charge is 0.351 e. The van der Waals surface area contributed by atoms with Crippen LogP contribution < -0.4 is 5.32 Å². The molecule has 5 nitrogen and oxygen atoms in total. The topological polar surface area (TPSA) is 59.3 Å². The molecule has 0 aliphatic carbocycles. The molecule has 3 rings (SSSR count). The second-order valence-electron chi connectivity index (χ2n) is 5.41. The second-order valence-corrected chi connectivity index (χ2v) is 7.16. The van der Waals surface area contributed by atoms with Crippen LogP contribution in [0.5, 0.6) is 0 Å². The van der Waals surface area contributed by atoms with Crippen molar-refractivity contribution < 1.29 is 18.0 Å². The van der Waals surface area contributed by atoms with Gasteiger partial charge < -0.3 is 5.32 Å². The van der Waals surface area contributed by atoms with Gasteiger partial charge in [-0.15, -0.1) is 10.2 Å². The van der Waals surface area contributed by atoms with E-state index in [2.05, 4.69) is 15.5 Å².